The monoisotopic (exact) mass is 147 g/mol. The maximum atomic E-state index is 5.03. The zero-order valence-corrected chi connectivity index (χ0v) is 6.63. The molecule has 0 fully saturated rings. The lowest BCUT2D eigenvalue weighted by atomic mass is 10.7. The van der Waals surface area contributed by atoms with Gasteiger partial charge in [0.25, 0.3) is 0 Å². The number of ether oxygens (including phenoxy) is 3. The van der Waals surface area contributed by atoms with Gasteiger partial charge >= 0.3 is 0 Å². The molecule has 3 nitrogen and oxygen atoms in total. The predicted molar refractivity (Wildman–Crippen MR) is 38.6 cm³/mol. The fourth-order valence-corrected chi connectivity index (χ4v) is 0.451. The molecule has 0 saturated heterocycles. The summed E-state index contributed by atoms with van der Waals surface area (Å²) in [5, 5.41) is 0. The molecule has 0 aromatic heterocycles. The summed E-state index contributed by atoms with van der Waals surface area (Å²) in [5.74, 6) is 0. The molecule has 0 heterocycles. The lowest BCUT2D eigenvalue weighted by Crippen LogP contribution is -2.14. The van der Waals surface area contributed by atoms with Crippen LogP contribution in [0.25, 0.3) is 0 Å². The third-order valence-electron chi connectivity index (χ3n) is 0.998. The summed E-state index contributed by atoms with van der Waals surface area (Å²) in [6, 6.07) is 0. The highest BCUT2D eigenvalue weighted by Gasteiger charge is 1.96. The molecule has 0 aliphatic heterocycles. The van der Waals surface area contributed by atoms with Crippen LogP contribution in [0.1, 0.15) is 6.92 Å². The Morgan fingerprint density at radius 2 is 2.10 bits per heavy atom. The van der Waals surface area contributed by atoms with E-state index in [0.29, 0.717) is 13.2 Å². The van der Waals surface area contributed by atoms with Gasteiger partial charge in [-0.2, -0.15) is 0 Å². The van der Waals surface area contributed by atoms with Gasteiger partial charge in [0.05, 0.1) is 13.2 Å². The number of hydrogen-bond acceptors (Lipinski definition) is 3. The molecule has 0 aromatic rings. The van der Waals surface area contributed by atoms with E-state index in [1.54, 1.807) is 7.11 Å². The van der Waals surface area contributed by atoms with Crippen LogP contribution >= 0.6 is 0 Å². The van der Waals surface area contributed by atoms with Crippen molar-refractivity contribution < 1.29 is 14.2 Å². The first kappa shape index (κ1) is 9.88. The molecule has 0 aliphatic rings. The average molecular weight is 147 g/mol. The zero-order chi connectivity index (χ0) is 7.82. The van der Waals surface area contributed by atoms with Crippen LogP contribution in [0.3, 0.4) is 0 Å². The van der Waals surface area contributed by atoms with E-state index in [2.05, 4.69) is 6.92 Å². The normalized spacial score (nSPS) is 13.5. The van der Waals surface area contributed by atoms with Crippen molar-refractivity contribution >= 4 is 0 Å². The van der Waals surface area contributed by atoms with E-state index in [1.807, 2.05) is 6.92 Å². The van der Waals surface area contributed by atoms with Gasteiger partial charge in [0.2, 0.25) is 0 Å². The molecule has 0 aromatic carbocycles. The van der Waals surface area contributed by atoms with Crippen LogP contribution in [0.4, 0.5) is 0 Å². The molecule has 0 N–H and O–H groups in total. The van der Waals surface area contributed by atoms with Crippen LogP contribution in [0.15, 0.2) is 0 Å². The van der Waals surface area contributed by atoms with E-state index in [9.17, 15) is 0 Å². The Bertz CT molecular complexity index is 65.9. The van der Waals surface area contributed by atoms with E-state index < -0.39 is 0 Å². The van der Waals surface area contributed by atoms with E-state index in [4.69, 9.17) is 14.2 Å². The SMILES string of the molecule is [CH2]C(OC)OCCOCC. The summed E-state index contributed by atoms with van der Waals surface area (Å²) in [4.78, 5) is 0. The molecule has 61 valence electrons. The maximum absolute atomic E-state index is 5.03. The summed E-state index contributed by atoms with van der Waals surface area (Å²) in [6.07, 6.45) is -0.375. The smallest absolute Gasteiger partial charge is 0.157 e. The second-order valence-corrected chi connectivity index (χ2v) is 1.73. The lowest BCUT2D eigenvalue weighted by molar-refractivity contribution is -0.105. The van der Waals surface area contributed by atoms with Crippen molar-refractivity contribution in [2.24, 2.45) is 0 Å². The highest BCUT2D eigenvalue weighted by atomic mass is 16.7. The maximum Gasteiger partial charge on any atom is 0.157 e. The molecule has 0 aliphatic carbocycles. The molecular formula is C7H15O3. The van der Waals surface area contributed by atoms with Gasteiger partial charge in [-0.15, -0.1) is 0 Å². The second kappa shape index (κ2) is 6.99. The van der Waals surface area contributed by atoms with Gasteiger partial charge in [-0.3, -0.25) is 0 Å². The summed E-state index contributed by atoms with van der Waals surface area (Å²) < 4.78 is 14.8. The number of methoxy groups -OCH3 is 1. The van der Waals surface area contributed by atoms with Crippen molar-refractivity contribution in [2.45, 2.75) is 13.2 Å². The van der Waals surface area contributed by atoms with Gasteiger partial charge in [0.1, 0.15) is 0 Å². The van der Waals surface area contributed by atoms with Crippen LogP contribution in [0, 0.1) is 6.92 Å². The minimum absolute atomic E-state index is 0.375. The van der Waals surface area contributed by atoms with Crippen molar-refractivity contribution in [2.75, 3.05) is 26.9 Å². The predicted octanol–water partition coefficient (Wildman–Crippen LogP) is 0.846. The van der Waals surface area contributed by atoms with Gasteiger partial charge < -0.3 is 14.2 Å². The Morgan fingerprint density at radius 1 is 1.40 bits per heavy atom. The van der Waals surface area contributed by atoms with Gasteiger partial charge in [-0.25, -0.2) is 0 Å². The first-order valence-corrected chi connectivity index (χ1v) is 3.36. The molecule has 1 atom stereocenters. The minimum Gasteiger partial charge on any atom is -0.379 e. The van der Waals surface area contributed by atoms with Crippen LogP contribution in [-0.4, -0.2) is 33.2 Å². The summed E-state index contributed by atoms with van der Waals surface area (Å²) >= 11 is 0. The number of hydrogen-bond donors (Lipinski definition) is 0. The summed E-state index contributed by atoms with van der Waals surface area (Å²) in [7, 11) is 1.55. The van der Waals surface area contributed by atoms with Crippen LogP contribution in [0.2, 0.25) is 0 Å². The Morgan fingerprint density at radius 3 is 2.60 bits per heavy atom. The molecule has 0 rings (SSSR count). The molecule has 1 unspecified atom stereocenters. The van der Waals surface area contributed by atoms with Crippen LogP contribution in [0.5, 0.6) is 0 Å². The standard InChI is InChI=1S/C7H15O3/c1-4-9-5-6-10-7(2)8-3/h7H,2,4-6H2,1,3H3. The summed E-state index contributed by atoms with van der Waals surface area (Å²) in [6.45, 7) is 7.36. The number of rotatable bonds is 6. The Balaban J connectivity index is 2.89. The first-order valence-electron chi connectivity index (χ1n) is 3.36. The Hall–Kier alpha value is -0.120. The summed E-state index contributed by atoms with van der Waals surface area (Å²) in [5.41, 5.74) is 0. The fraction of sp³-hybridized carbons (Fsp3) is 0.857. The third-order valence-corrected chi connectivity index (χ3v) is 0.998. The van der Waals surface area contributed by atoms with Crippen molar-refractivity contribution in [3.8, 4) is 0 Å². The van der Waals surface area contributed by atoms with Crippen molar-refractivity contribution in [1.29, 1.82) is 0 Å². The lowest BCUT2D eigenvalue weighted by Gasteiger charge is -2.09. The van der Waals surface area contributed by atoms with Gasteiger partial charge in [-0.05, 0) is 6.92 Å². The second-order valence-electron chi connectivity index (χ2n) is 1.73. The van der Waals surface area contributed by atoms with Crippen molar-refractivity contribution in [3.63, 3.8) is 0 Å². The van der Waals surface area contributed by atoms with Crippen LogP contribution in [-0.2, 0) is 14.2 Å². The van der Waals surface area contributed by atoms with E-state index in [-0.39, 0.29) is 6.29 Å². The Labute approximate surface area is 62.3 Å². The van der Waals surface area contributed by atoms with Crippen LogP contribution < -0.4 is 0 Å². The topological polar surface area (TPSA) is 27.7 Å². The quantitative estimate of drug-likeness (QED) is 0.411. The highest BCUT2D eigenvalue weighted by molar-refractivity contribution is 4.42. The molecule has 0 bridgehead atoms. The molecule has 0 spiro atoms. The van der Waals surface area contributed by atoms with Crippen molar-refractivity contribution in [1.82, 2.24) is 0 Å². The molecule has 0 saturated carbocycles. The molecule has 10 heavy (non-hydrogen) atoms. The van der Waals surface area contributed by atoms with Gasteiger partial charge in [0, 0.05) is 20.6 Å². The zero-order valence-electron chi connectivity index (χ0n) is 6.63. The van der Waals surface area contributed by atoms with Gasteiger partial charge in [0.15, 0.2) is 6.29 Å². The third kappa shape index (κ3) is 6.01. The highest BCUT2D eigenvalue weighted by Crippen LogP contribution is 1.88. The fourth-order valence-electron chi connectivity index (χ4n) is 0.451. The largest absolute Gasteiger partial charge is 0.379 e. The molecule has 0 amide bonds. The van der Waals surface area contributed by atoms with Gasteiger partial charge in [-0.1, -0.05) is 0 Å². The molecule has 3 heteroatoms. The van der Waals surface area contributed by atoms with E-state index in [1.165, 1.54) is 0 Å². The van der Waals surface area contributed by atoms with E-state index >= 15 is 0 Å². The Kier molecular flexibility index (Phi) is 6.91. The minimum atomic E-state index is -0.375. The molecule has 1 radical (unpaired) electrons. The van der Waals surface area contributed by atoms with E-state index in [0.717, 1.165) is 6.61 Å². The molecular weight excluding hydrogens is 132 g/mol. The average Bonchev–Trinajstić information content (AvgIpc) is 1.98. The first-order chi connectivity index (χ1) is 4.81. The van der Waals surface area contributed by atoms with Crippen molar-refractivity contribution in [3.05, 3.63) is 6.92 Å².